The fourth-order valence-electron chi connectivity index (χ4n) is 5.02. The molecular formula is C34H65NO6S. The minimum absolute atomic E-state index is 0.259. The van der Waals surface area contributed by atoms with Crippen molar-refractivity contribution in [3.63, 3.8) is 0 Å². The smallest absolute Gasteiger partial charge is 0.267 e. The first-order chi connectivity index (χ1) is 20.2. The zero-order chi connectivity index (χ0) is 31.3. The van der Waals surface area contributed by atoms with Crippen LogP contribution >= 0.6 is 0 Å². The maximum Gasteiger partial charge on any atom is 0.267 e. The molecule has 0 bridgehead atoms. The quantitative estimate of drug-likeness (QED) is 0.0367. The second-order valence-electron chi connectivity index (χ2n) is 11.9. The molecule has 1 amide bonds. The van der Waals surface area contributed by atoms with E-state index in [-0.39, 0.29) is 6.42 Å². The van der Waals surface area contributed by atoms with Gasteiger partial charge in [0, 0.05) is 0 Å². The summed E-state index contributed by atoms with van der Waals surface area (Å²) in [6.45, 7) is 4.42. The largest absolute Gasteiger partial charge is 0.387 e. The topological polar surface area (TPSA) is 124 Å². The van der Waals surface area contributed by atoms with E-state index < -0.39 is 40.0 Å². The lowest BCUT2D eigenvalue weighted by Gasteiger charge is -2.22. The lowest BCUT2D eigenvalue weighted by Crippen LogP contribution is -2.50. The van der Waals surface area contributed by atoms with Crippen LogP contribution < -0.4 is 5.32 Å². The van der Waals surface area contributed by atoms with Crippen LogP contribution in [0.4, 0.5) is 0 Å². The summed E-state index contributed by atoms with van der Waals surface area (Å²) in [5.74, 6) is -1.55. The van der Waals surface area contributed by atoms with Gasteiger partial charge in [-0.15, -0.1) is 0 Å². The standard InChI is InChI=1S/C34H65NO6S/c1-3-5-7-9-11-13-14-15-16-17-18-19-21-22-24-26-28-32(36)31(30-42(39,40)41)35-34(38)33(37)29-27-25-23-20-12-10-8-6-4-2/h10,12,26,28,31-33,36-37H,3-9,11,13-25,27,29-30H2,1-2H3,(H,35,38)(H,39,40,41)/b12-10-,28-26+. The van der Waals surface area contributed by atoms with E-state index >= 15 is 0 Å². The number of aliphatic hydroxyl groups is 2. The molecule has 7 nitrogen and oxygen atoms in total. The number of rotatable bonds is 30. The Balaban J connectivity index is 4.16. The van der Waals surface area contributed by atoms with Crippen LogP contribution in [0.15, 0.2) is 24.3 Å². The van der Waals surface area contributed by atoms with E-state index in [1.807, 2.05) is 0 Å². The number of aliphatic hydroxyl groups excluding tert-OH is 2. The predicted molar refractivity (Wildman–Crippen MR) is 176 cm³/mol. The lowest BCUT2D eigenvalue weighted by atomic mass is 10.0. The molecule has 0 aliphatic heterocycles. The summed E-state index contributed by atoms with van der Waals surface area (Å²) < 4.78 is 32.3. The van der Waals surface area contributed by atoms with Gasteiger partial charge in [-0.2, -0.15) is 8.42 Å². The molecule has 0 aromatic carbocycles. The molecule has 0 aliphatic carbocycles. The van der Waals surface area contributed by atoms with E-state index in [1.54, 1.807) is 6.08 Å². The van der Waals surface area contributed by atoms with Crippen LogP contribution in [0.3, 0.4) is 0 Å². The summed E-state index contributed by atoms with van der Waals surface area (Å²) in [7, 11) is -4.43. The second-order valence-corrected chi connectivity index (χ2v) is 13.4. The maximum atomic E-state index is 12.4. The van der Waals surface area contributed by atoms with Crippen molar-refractivity contribution in [1.29, 1.82) is 0 Å². The van der Waals surface area contributed by atoms with Crippen molar-refractivity contribution in [2.45, 2.75) is 180 Å². The fourth-order valence-corrected chi connectivity index (χ4v) is 5.76. The molecule has 0 rings (SSSR count). The van der Waals surface area contributed by atoms with Crippen LogP contribution in [-0.4, -0.2) is 53.1 Å². The van der Waals surface area contributed by atoms with Crippen LogP contribution in [-0.2, 0) is 14.9 Å². The molecule has 8 heteroatoms. The van der Waals surface area contributed by atoms with Crippen LogP contribution in [0.25, 0.3) is 0 Å². The van der Waals surface area contributed by atoms with E-state index in [0.29, 0.717) is 6.42 Å². The number of carbonyl (C=O) groups excluding carboxylic acids is 1. The predicted octanol–water partition coefficient (Wildman–Crippen LogP) is 8.21. The Labute approximate surface area is 258 Å². The Kier molecular flexibility index (Phi) is 27.7. The molecule has 3 unspecified atom stereocenters. The number of allylic oxidation sites excluding steroid dienone is 3. The van der Waals surface area contributed by atoms with Crippen molar-refractivity contribution < 1.29 is 28.0 Å². The minimum atomic E-state index is -4.43. The first-order valence-electron chi connectivity index (χ1n) is 17.1. The third-order valence-corrected chi connectivity index (χ3v) is 8.51. The van der Waals surface area contributed by atoms with Crippen LogP contribution in [0.2, 0.25) is 0 Å². The maximum absolute atomic E-state index is 12.4. The molecule has 3 atom stereocenters. The average Bonchev–Trinajstić information content (AvgIpc) is 2.94. The number of hydrogen-bond acceptors (Lipinski definition) is 5. The monoisotopic (exact) mass is 615 g/mol. The number of amides is 1. The zero-order valence-corrected chi connectivity index (χ0v) is 27.8. The first-order valence-corrected chi connectivity index (χ1v) is 18.8. The molecule has 0 aromatic heterocycles. The molecular weight excluding hydrogens is 550 g/mol. The van der Waals surface area contributed by atoms with Crippen molar-refractivity contribution in [2.75, 3.05) is 5.75 Å². The van der Waals surface area contributed by atoms with Crippen molar-refractivity contribution in [3.8, 4) is 0 Å². The summed E-state index contributed by atoms with van der Waals surface area (Å²) in [6.07, 6.45) is 31.0. The summed E-state index contributed by atoms with van der Waals surface area (Å²) >= 11 is 0. The number of unbranched alkanes of at least 4 members (excludes halogenated alkanes) is 19. The van der Waals surface area contributed by atoms with Gasteiger partial charge in [0.15, 0.2) is 0 Å². The fraction of sp³-hybridized carbons (Fsp3) is 0.853. The molecule has 0 saturated heterocycles. The van der Waals surface area contributed by atoms with E-state index in [0.717, 1.165) is 44.9 Å². The van der Waals surface area contributed by atoms with Crippen molar-refractivity contribution >= 4 is 16.0 Å². The summed E-state index contributed by atoms with van der Waals surface area (Å²) in [5.41, 5.74) is 0. The first kappa shape index (κ1) is 40.8. The molecule has 248 valence electrons. The molecule has 42 heavy (non-hydrogen) atoms. The summed E-state index contributed by atoms with van der Waals surface area (Å²) in [6, 6.07) is -1.23. The van der Waals surface area contributed by atoms with Gasteiger partial charge in [0.2, 0.25) is 5.91 Å². The van der Waals surface area contributed by atoms with Gasteiger partial charge in [-0.25, -0.2) is 0 Å². The van der Waals surface area contributed by atoms with Gasteiger partial charge in [0.1, 0.15) is 6.10 Å². The number of nitrogens with one attached hydrogen (secondary N) is 1. The Morgan fingerprint density at radius 1 is 0.643 bits per heavy atom. The second kappa shape index (κ2) is 28.5. The molecule has 0 aliphatic rings. The summed E-state index contributed by atoms with van der Waals surface area (Å²) in [5, 5.41) is 23.2. The molecule has 4 N–H and O–H groups in total. The van der Waals surface area contributed by atoms with Gasteiger partial charge >= 0.3 is 0 Å². The van der Waals surface area contributed by atoms with Crippen molar-refractivity contribution in [1.82, 2.24) is 5.32 Å². The summed E-state index contributed by atoms with van der Waals surface area (Å²) in [4.78, 5) is 12.4. The van der Waals surface area contributed by atoms with Crippen LogP contribution in [0, 0.1) is 0 Å². The Morgan fingerprint density at radius 2 is 1.07 bits per heavy atom. The van der Waals surface area contributed by atoms with Crippen molar-refractivity contribution in [3.05, 3.63) is 24.3 Å². The van der Waals surface area contributed by atoms with E-state index in [2.05, 4.69) is 31.3 Å². The highest BCUT2D eigenvalue weighted by Gasteiger charge is 2.27. The molecule has 0 saturated carbocycles. The highest BCUT2D eigenvalue weighted by molar-refractivity contribution is 7.85. The van der Waals surface area contributed by atoms with Crippen molar-refractivity contribution in [2.24, 2.45) is 0 Å². The van der Waals surface area contributed by atoms with Gasteiger partial charge in [0.05, 0.1) is 17.9 Å². The normalized spacial score (nSPS) is 14.5. The lowest BCUT2D eigenvalue weighted by molar-refractivity contribution is -0.130. The molecule has 0 spiro atoms. The number of carbonyl (C=O) groups is 1. The zero-order valence-electron chi connectivity index (χ0n) is 27.0. The Bertz CT molecular complexity index is 783. The van der Waals surface area contributed by atoms with Gasteiger partial charge in [-0.3, -0.25) is 9.35 Å². The highest BCUT2D eigenvalue weighted by Crippen LogP contribution is 2.14. The molecule has 0 aromatic rings. The molecule has 0 fully saturated rings. The third-order valence-electron chi connectivity index (χ3n) is 7.73. The van der Waals surface area contributed by atoms with E-state index in [9.17, 15) is 28.0 Å². The van der Waals surface area contributed by atoms with Crippen LogP contribution in [0.1, 0.15) is 162 Å². The Morgan fingerprint density at radius 3 is 1.57 bits per heavy atom. The SMILES string of the molecule is CCCC/C=C\CCCCCC(O)C(=O)NC(CS(=O)(=O)O)C(O)/C=C/CCCCCCCCCCCCCCCC. The minimum Gasteiger partial charge on any atom is -0.387 e. The molecule has 0 radical (unpaired) electrons. The Hall–Kier alpha value is -1.22. The van der Waals surface area contributed by atoms with Gasteiger partial charge in [0.25, 0.3) is 10.1 Å². The average molecular weight is 616 g/mol. The van der Waals surface area contributed by atoms with Gasteiger partial charge in [-0.05, 0) is 38.5 Å². The number of hydrogen-bond donors (Lipinski definition) is 4. The highest BCUT2D eigenvalue weighted by atomic mass is 32.2. The van der Waals surface area contributed by atoms with Gasteiger partial charge < -0.3 is 15.5 Å². The third kappa shape index (κ3) is 27.6. The van der Waals surface area contributed by atoms with Crippen LogP contribution in [0.5, 0.6) is 0 Å². The van der Waals surface area contributed by atoms with E-state index in [1.165, 1.54) is 96.0 Å². The van der Waals surface area contributed by atoms with E-state index in [4.69, 9.17) is 0 Å². The molecule has 0 heterocycles. The van der Waals surface area contributed by atoms with Gasteiger partial charge in [-0.1, -0.05) is 147 Å².